The molecule has 1 amide bonds. The smallest absolute Gasteiger partial charge is 0.226 e. The third kappa shape index (κ3) is 3.51. The van der Waals surface area contributed by atoms with Crippen molar-refractivity contribution in [2.24, 2.45) is 23.2 Å². The van der Waals surface area contributed by atoms with Crippen molar-refractivity contribution in [1.82, 2.24) is 4.98 Å². The number of thiazole rings is 1. The monoisotopic (exact) mass is 454 g/mol. The highest BCUT2D eigenvalue weighted by molar-refractivity contribution is 7.15. The quantitative estimate of drug-likeness (QED) is 0.569. The third-order valence-corrected chi connectivity index (χ3v) is 9.10. The minimum Gasteiger partial charge on any atom is -0.504 e. The maximum atomic E-state index is 13.1. The average Bonchev–Trinajstić information content (AvgIpc) is 3.27. The van der Waals surface area contributed by atoms with E-state index in [1.54, 1.807) is 18.3 Å². The lowest BCUT2D eigenvalue weighted by molar-refractivity contribution is -0.129. The normalized spacial score (nSPS) is 31.0. The highest BCUT2D eigenvalue weighted by Gasteiger charge is 2.58. The van der Waals surface area contributed by atoms with Gasteiger partial charge in [-0.05, 0) is 86.0 Å². The second-order valence-corrected chi connectivity index (χ2v) is 11.3. The summed E-state index contributed by atoms with van der Waals surface area (Å²) in [6.07, 6.45) is 7.02. The maximum Gasteiger partial charge on any atom is 0.226 e. The molecule has 170 valence electrons. The van der Waals surface area contributed by atoms with Crippen LogP contribution in [0.3, 0.4) is 0 Å². The number of carbonyl (C=O) groups is 2. The first-order valence-electron chi connectivity index (χ1n) is 11.6. The van der Waals surface area contributed by atoms with Gasteiger partial charge < -0.3 is 15.5 Å². The number of rotatable bonds is 4. The van der Waals surface area contributed by atoms with Crippen LogP contribution in [0.2, 0.25) is 0 Å². The van der Waals surface area contributed by atoms with Crippen LogP contribution in [0.5, 0.6) is 11.5 Å². The largest absolute Gasteiger partial charge is 0.504 e. The zero-order chi connectivity index (χ0) is 22.6. The molecule has 3 aliphatic carbocycles. The number of Topliss-reactive ketones (excluding diaryl/α,β-unsaturated/α-hetero) is 1. The fourth-order valence-corrected chi connectivity index (χ4v) is 7.51. The molecule has 0 aliphatic heterocycles. The molecule has 7 heteroatoms. The van der Waals surface area contributed by atoms with Gasteiger partial charge in [-0.25, -0.2) is 4.98 Å². The second-order valence-electron chi connectivity index (χ2n) is 10.1. The highest BCUT2D eigenvalue weighted by atomic mass is 32.1. The molecule has 2 aromatic rings. The molecule has 5 atom stereocenters. The first kappa shape index (κ1) is 21.4. The van der Waals surface area contributed by atoms with Crippen molar-refractivity contribution in [3.05, 3.63) is 34.3 Å². The van der Waals surface area contributed by atoms with E-state index in [4.69, 9.17) is 0 Å². The molecule has 1 heterocycles. The number of hydrogen-bond donors (Lipinski definition) is 3. The van der Waals surface area contributed by atoms with E-state index in [1.807, 2.05) is 6.92 Å². The van der Waals surface area contributed by atoms with Gasteiger partial charge in [-0.2, -0.15) is 0 Å². The Morgan fingerprint density at radius 2 is 2.06 bits per heavy atom. The summed E-state index contributed by atoms with van der Waals surface area (Å²) in [6, 6.07) is 3.44. The lowest BCUT2D eigenvalue weighted by Gasteiger charge is -2.50. The molecule has 5 rings (SSSR count). The van der Waals surface area contributed by atoms with Gasteiger partial charge >= 0.3 is 0 Å². The Bertz CT molecular complexity index is 1080. The molecule has 0 bridgehead atoms. The van der Waals surface area contributed by atoms with Crippen LogP contribution in [0.1, 0.15) is 67.4 Å². The average molecular weight is 455 g/mol. The Hall–Kier alpha value is -2.41. The van der Waals surface area contributed by atoms with E-state index in [2.05, 4.69) is 17.2 Å². The Kier molecular flexibility index (Phi) is 5.27. The molecule has 1 aromatic carbocycles. The van der Waals surface area contributed by atoms with Crippen molar-refractivity contribution in [2.75, 3.05) is 5.32 Å². The minimum absolute atomic E-state index is 0.0397. The van der Waals surface area contributed by atoms with E-state index < -0.39 is 0 Å². The first-order valence-corrected chi connectivity index (χ1v) is 12.4. The van der Waals surface area contributed by atoms with Gasteiger partial charge in [-0.3, -0.25) is 9.59 Å². The predicted molar refractivity (Wildman–Crippen MR) is 123 cm³/mol. The van der Waals surface area contributed by atoms with Gasteiger partial charge in [0.15, 0.2) is 16.6 Å². The summed E-state index contributed by atoms with van der Waals surface area (Å²) < 4.78 is 0. The molecular formula is C25H30N2O4S. The van der Waals surface area contributed by atoms with Crippen molar-refractivity contribution in [2.45, 2.75) is 64.7 Å². The zero-order valence-electron chi connectivity index (χ0n) is 18.6. The van der Waals surface area contributed by atoms with E-state index in [-0.39, 0.29) is 34.7 Å². The molecule has 3 aliphatic rings. The summed E-state index contributed by atoms with van der Waals surface area (Å²) in [7, 11) is 0. The third-order valence-electron chi connectivity index (χ3n) is 8.27. The van der Waals surface area contributed by atoms with E-state index >= 15 is 0 Å². The van der Waals surface area contributed by atoms with E-state index in [9.17, 15) is 19.8 Å². The van der Waals surface area contributed by atoms with Crippen molar-refractivity contribution >= 4 is 28.2 Å². The number of nitrogens with zero attached hydrogens (tertiary/aromatic N) is 1. The fraction of sp³-hybridized carbons (Fsp3) is 0.560. The van der Waals surface area contributed by atoms with Gasteiger partial charge in [0.25, 0.3) is 0 Å². The number of ketones is 1. The number of anilines is 1. The van der Waals surface area contributed by atoms with Crippen LogP contribution in [0.4, 0.5) is 5.13 Å². The van der Waals surface area contributed by atoms with Gasteiger partial charge in [0.05, 0.1) is 0 Å². The number of benzene rings is 1. The summed E-state index contributed by atoms with van der Waals surface area (Å²) >= 11 is 1.47. The summed E-state index contributed by atoms with van der Waals surface area (Å²) in [6.45, 7) is 4.10. The van der Waals surface area contributed by atoms with Gasteiger partial charge in [-0.1, -0.05) is 6.92 Å². The first-order chi connectivity index (χ1) is 15.3. The van der Waals surface area contributed by atoms with Gasteiger partial charge in [0, 0.05) is 29.3 Å². The Labute approximate surface area is 192 Å². The molecule has 32 heavy (non-hydrogen) atoms. The molecule has 0 saturated heterocycles. The van der Waals surface area contributed by atoms with Crippen LogP contribution in [0.25, 0.3) is 0 Å². The predicted octanol–water partition coefficient (Wildman–Crippen LogP) is 4.93. The number of nitrogens with one attached hydrogen (secondary N) is 1. The minimum atomic E-state index is -0.314. The van der Waals surface area contributed by atoms with E-state index in [0.717, 1.165) is 41.7 Å². The van der Waals surface area contributed by atoms with Crippen molar-refractivity contribution in [1.29, 1.82) is 0 Å². The number of amides is 1. The molecule has 3 unspecified atom stereocenters. The lowest BCUT2D eigenvalue weighted by Crippen LogP contribution is -2.44. The van der Waals surface area contributed by atoms with Crippen LogP contribution in [0.15, 0.2) is 18.3 Å². The summed E-state index contributed by atoms with van der Waals surface area (Å²) in [5.41, 5.74) is 1.93. The topological polar surface area (TPSA) is 99.5 Å². The Morgan fingerprint density at radius 1 is 1.28 bits per heavy atom. The van der Waals surface area contributed by atoms with Crippen LogP contribution in [-0.4, -0.2) is 26.9 Å². The van der Waals surface area contributed by atoms with Gasteiger partial charge in [0.1, 0.15) is 5.78 Å². The Morgan fingerprint density at radius 3 is 2.81 bits per heavy atom. The molecule has 0 radical (unpaired) electrons. The van der Waals surface area contributed by atoms with Crippen molar-refractivity contribution in [3.8, 4) is 11.5 Å². The van der Waals surface area contributed by atoms with E-state index in [0.29, 0.717) is 42.0 Å². The molecule has 6 nitrogen and oxygen atoms in total. The molecule has 3 N–H and O–H groups in total. The fourth-order valence-electron chi connectivity index (χ4n) is 6.83. The van der Waals surface area contributed by atoms with Crippen molar-refractivity contribution < 1.29 is 19.8 Å². The number of carbonyl (C=O) groups excluding carboxylic acids is 2. The van der Waals surface area contributed by atoms with Crippen LogP contribution < -0.4 is 5.32 Å². The van der Waals surface area contributed by atoms with Crippen LogP contribution >= 0.6 is 11.3 Å². The summed E-state index contributed by atoms with van der Waals surface area (Å²) in [4.78, 5) is 30.9. The number of fused-ring (bicyclic) bond motifs is 5. The lowest BCUT2D eigenvalue weighted by atomic mass is 9.54. The van der Waals surface area contributed by atoms with Crippen LogP contribution in [-0.2, 0) is 16.0 Å². The van der Waals surface area contributed by atoms with Crippen molar-refractivity contribution in [3.63, 3.8) is 0 Å². The number of aryl methyl sites for hydroxylation is 2. The molecule has 2 saturated carbocycles. The van der Waals surface area contributed by atoms with Gasteiger partial charge in [0.2, 0.25) is 5.91 Å². The molecule has 1 aromatic heterocycles. The second kappa shape index (κ2) is 7.87. The number of aromatic hydroxyl groups is 2. The van der Waals surface area contributed by atoms with E-state index in [1.165, 1.54) is 11.3 Å². The van der Waals surface area contributed by atoms with Gasteiger partial charge in [-0.15, -0.1) is 11.3 Å². The SMILES string of the molecule is Cc1cnc(NC(=O)CC[C@@H]2CC(=O)[C@@]3(C)CCC4c5cc(O)c(O)cc5CCC4C23)s1. The summed E-state index contributed by atoms with van der Waals surface area (Å²) in [5.74, 6) is 1.31. The Balaban J connectivity index is 1.35. The number of phenolic OH excluding ortho intramolecular Hbond substituents is 2. The maximum absolute atomic E-state index is 13.1. The number of aromatic nitrogens is 1. The molecule has 2 fully saturated rings. The molecule has 0 spiro atoms. The number of phenols is 2. The zero-order valence-corrected chi connectivity index (χ0v) is 19.4. The van der Waals surface area contributed by atoms with Crippen LogP contribution in [0, 0.1) is 30.1 Å². The highest BCUT2D eigenvalue weighted by Crippen LogP contribution is 2.62. The standard InChI is InChI=1S/C25H30N2O4S/c1-13-12-26-24(32-13)27-22(31)6-4-15-10-21(30)25(2)8-7-16-17(23(15)25)5-3-14-9-19(28)20(29)11-18(14)16/h9,11-12,15-17,23,28-29H,3-8,10H2,1-2H3,(H,26,27,31)/t15-,16?,17?,23?,25-/m1/s1. The summed E-state index contributed by atoms with van der Waals surface area (Å²) in [5, 5.41) is 23.6. The number of hydrogen-bond acceptors (Lipinski definition) is 6. The molecular weight excluding hydrogens is 424 g/mol.